The second-order valence-electron chi connectivity index (χ2n) is 4.20. The number of sulfonamides is 1. The molecule has 0 fully saturated rings. The normalized spacial score (nSPS) is 13.9. The van der Waals surface area contributed by atoms with Gasteiger partial charge in [-0.1, -0.05) is 0 Å². The Morgan fingerprint density at radius 1 is 1.32 bits per heavy atom. The predicted octanol–water partition coefficient (Wildman–Crippen LogP) is 4.26. The van der Waals surface area contributed by atoms with Crippen LogP contribution in [0.2, 0.25) is 0 Å². The molecule has 2 heterocycles. The lowest BCUT2D eigenvalue weighted by atomic mass is 10.3. The van der Waals surface area contributed by atoms with E-state index in [1.807, 2.05) is 26.0 Å². The first-order chi connectivity index (χ1) is 8.84. The number of hydrogen-bond donors (Lipinski definition) is 0. The fraction of sp³-hybridized carbons (Fsp3) is 0.333. The minimum Gasteiger partial charge on any atom is -0.206 e. The first-order valence-corrected chi connectivity index (χ1v) is 9.54. The summed E-state index contributed by atoms with van der Waals surface area (Å²) in [5.41, 5.74) is 0. The molecule has 0 spiro atoms. The van der Waals surface area contributed by atoms with Gasteiger partial charge in [0.2, 0.25) is 0 Å². The summed E-state index contributed by atoms with van der Waals surface area (Å²) in [4.78, 5) is 2.24. The molecule has 0 aromatic carbocycles. The zero-order valence-corrected chi connectivity index (χ0v) is 14.8. The molecule has 2 aromatic heterocycles. The molecule has 2 aromatic rings. The second-order valence-corrected chi connectivity index (χ2v) is 9.48. The molecule has 0 aliphatic rings. The molecule has 19 heavy (non-hydrogen) atoms. The Hall–Kier alpha value is -0.210. The van der Waals surface area contributed by atoms with E-state index >= 15 is 0 Å². The van der Waals surface area contributed by atoms with Gasteiger partial charge in [-0.2, -0.15) is 4.31 Å². The molecule has 7 heteroatoms. The van der Waals surface area contributed by atoms with E-state index in [0.717, 1.165) is 4.88 Å². The molecule has 0 amide bonds. The molecule has 2 rings (SSSR count). The molecule has 0 aliphatic carbocycles. The monoisotopic (exact) mass is 379 g/mol. The number of thiophene rings is 2. The largest absolute Gasteiger partial charge is 0.254 e. The molecule has 0 saturated carbocycles. The average Bonchev–Trinajstić information content (AvgIpc) is 2.96. The van der Waals surface area contributed by atoms with Crippen molar-refractivity contribution in [1.29, 1.82) is 0 Å². The first-order valence-electron chi connectivity index (χ1n) is 5.61. The number of rotatable bonds is 4. The highest BCUT2D eigenvalue weighted by atomic mass is 79.9. The fourth-order valence-corrected chi connectivity index (χ4v) is 6.52. The van der Waals surface area contributed by atoms with Crippen LogP contribution in [0.5, 0.6) is 0 Å². The quantitative estimate of drug-likeness (QED) is 0.795. The lowest BCUT2D eigenvalue weighted by Gasteiger charge is -2.23. The van der Waals surface area contributed by atoms with Gasteiger partial charge in [0.15, 0.2) is 0 Å². The van der Waals surface area contributed by atoms with Crippen LogP contribution in [-0.2, 0) is 10.0 Å². The van der Waals surface area contributed by atoms with Crippen molar-refractivity contribution in [2.75, 3.05) is 7.05 Å². The van der Waals surface area contributed by atoms with Crippen molar-refractivity contribution in [2.45, 2.75) is 24.1 Å². The van der Waals surface area contributed by atoms with E-state index in [-0.39, 0.29) is 6.04 Å². The lowest BCUT2D eigenvalue weighted by Crippen LogP contribution is -2.29. The molecule has 0 radical (unpaired) electrons. The summed E-state index contributed by atoms with van der Waals surface area (Å²) in [5.74, 6) is 0. The van der Waals surface area contributed by atoms with Gasteiger partial charge in [-0.05, 0) is 53.4 Å². The molecule has 1 atom stereocenters. The summed E-state index contributed by atoms with van der Waals surface area (Å²) in [7, 11) is -1.83. The Kier molecular flexibility index (Phi) is 4.52. The molecule has 0 saturated heterocycles. The highest BCUT2D eigenvalue weighted by Crippen LogP contribution is 2.35. The fourth-order valence-electron chi connectivity index (χ4n) is 1.66. The topological polar surface area (TPSA) is 37.4 Å². The number of hydrogen-bond acceptors (Lipinski definition) is 4. The van der Waals surface area contributed by atoms with Gasteiger partial charge in [0.25, 0.3) is 10.0 Å². The van der Waals surface area contributed by atoms with Crippen molar-refractivity contribution in [2.24, 2.45) is 0 Å². The molecule has 0 aliphatic heterocycles. The van der Waals surface area contributed by atoms with E-state index in [2.05, 4.69) is 15.9 Å². The van der Waals surface area contributed by atoms with Crippen molar-refractivity contribution in [3.05, 3.63) is 37.8 Å². The van der Waals surface area contributed by atoms with Crippen molar-refractivity contribution in [1.82, 2.24) is 4.31 Å². The Morgan fingerprint density at radius 3 is 2.47 bits per heavy atom. The maximum atomic E-state index is 12.5. The van der Waals surface area contributed by atoms with Gasteiger partial charge < -0.3 is 0 Å². The Morgan fingerprint density at radius 2 is 2.00 bits per heavy atom. The van der Waals surface area contributed by atoms with Crippen LogP contribution in [0.4, 0.5) is 0 Å². The van der Waals surface area contributed by atoms with Crippen molar-refractivity contribution in [3.63, 3.8) is 0 Å². The summed E-state index contributed by atoms with van der Waals surface area (Å²) in [5, 5.41) is 1.77. The molecule has 0 N–H and O–H groups in total. The van der Waals surface area contributed by atoms with Gasteiger partial charge in [0.1, 0.15) is 4.21 Å². The zero-order valence-electron chi connectivity index (χ0n) is 10.8. The van der Waals surface area contributed by atoms with Crippen LogP contribution in [-0.4, -0.2) is 19.8 Å². The average molecular weight is 380 g/mol. The highest BCUT2D eigenvalue weighted by molar-refractivity contribution is 9.10. The molecular weight excluding hydrogens is 366 g/mol. The third kappa shape index (κ3) is 2.95. The standard InChI is InChI=1S/C12H14BrNO2S3/c1-8-4-5-11(18-8)9(2)14(3)19(15,16)12-10(13)6-7-17-12/h4-7,9H,1-3H3. The minimum atomic E-state index is -3.45. The Balaban J connectivity index is 2.34. The van der Waals surface area contributed by atoms with E-state index in [4.69, 9.17) is 0 Å². The van der Waals surface area contributed by atoms with E-state index in [1.54, 1.807) is 29.8 Å². The SMILES string of the molecule is Cc1ccc(C(C)N(C)S(=O)(=O)c2sccc2Br)s1. The van der Waals surface area contributed by atoms with Crippen LogP contribution in [0, 0.1) is 6.92 Å². The summed E-state index contributed by atoms with van der Waals surface area (Å²) >= 11 is 6.14. The Labute approximate surface area is 130 Å². The lowest BCUT2D eigenvalue weighted by molar-refractivity contribution is 0.404. The predicted molar refractivity (Wildman–Crippen MR) is 84.4 cm³/mol. The Bertz CT molecular complexity index is 675. The van der Waals surface area contributed by atoms with Crippen LogP contribution in [0.3, 0.4) is 0 Å². The summed E-state index contributed by atoms with van der Waals surface area (Å²) in [6.07, 6.45) is 0. The van der Waals surface area contributed by atoms with Gasteiger partial charge in [-0.15, -0.1) is 22.7 Å². The molecule has 1 unspecified atom stereocenters. The van der Waals surface area contributed by atoms with Gasteiger partial charge in [-0.25, -0.2) is 8.42 Å². The van der Waals surface area contributed by atoms with E-state index in [9.17, 15) is 8.42 Å². The molecule has 3 nitrogen and oxygen atoms in total. The van der Waals surface area contributed by atoms with E-state index in [1.165, 1.54) is 20.5 Å². The third-order valence-corrected chi connectivity index (χ3v) is 8.66. The first kappa shape index (κ1) is 15.2. The van der Waals surface area contributed by atoms with Crippen LogP contribution >= 0.6 is 38.6 Å². The maximum Gasteiger partial charge on any atom is 0.254 e. The zero-order chi connectivity index (χ0) is 14.2. The summed E-state index contributed by atoms with van der Waals surface area (Å²) in [6, 6.07) is 5.58. The van der Waals surface area contributed by atoms with Crippen LogP contribution < -0.4 is 0 Å². The summed E-state index contributed by atoms with van der Waals surface area (Å²) < 4.78 is 27.5. The number of halogens is 1. The van der Waals surface area contributed by atoms with Crippen LogP contribution in [0.25, 0.3) is 0 Å². The smallest absolute Gasteiger partial charge is 0.206 e. The highest BCUT2D eigenvalue weighted by Gasteiger charge is 2.29. The molecule has 0 bridgehead atoms. The van der Waals surface area contributed by atoms with Gasteiger partial charge in [0, 0.05) is 21.3 Å². The van der Waals surface area contributed by atoms with Gasteiger partial charge in [0.05, 0.1) is 6.04 Å². The molecular formula is C12H14BrNO2S3. The third-order valence-electron chi connectivity index (χ3n) is 2.92. The van der Waals surface area contributed by atoms with Gasteiger partial charge in [-0.3, -0.25) is 0 Å². The molecule has 104 valence electrons. The minimum absolute atomic E-state index is 0.169. The second kappa shape index (κ2) is 5.65. The van der Waals surface area contributed by atoms with Crippen molar-refractivity contribution >= 4 is 48.6 Å². The number of aryl methyl sites for hydroxylation is 1. The maximum absolute atomic E-state index is 12.5. The van der Waals surface area contributed by atoms with Crippen molar-refractivity contribution in [3.8, 4) is 0 Å². The van der Waals surface area contributed by atoms with Crippen LogP contribution in [0.15, 0.2) is 32.3 Å². The number of nitrogens with zero attached hydrogens (tertiary/aromatic N) is 1. The summed E-state index contributed by atoms with van der Waals surface area (Å²) in [6.45, 7) is 3.93. The van der Waals surface area contributed by atoms with Crippen molar-refractivity contribution < 1.29 is 8.42 Å². The van der Waals surface area contributed by atoms with E-state index in [0.29, 0.717) is 8.68 Å². The van der Waals surface area contributed by atoms with E-state index < -0.39 is 10.0 Å². The van der Waals surface area contributed by atoms with Gasteiger partial charge >= 0.3 is 0 Å². The van der Waals surface area contributed by atoms with Crippen LogP contribution in [0.1, 0.15) is 22.7 Å².